The van der Waals surface area contributed by atoms with Crippen LogP contribution in [0.2, 0.25) is 10.0 Å². The van der Waals surface area contributed by atoms with Gasteiger partial charge in [0.15, 0.2) is 11.8 Å². The second-order valence-corrected chi connectivity index (χ2v) is 7.42. The third kappa shape index (κ3) is 3.16. The molecule has 12 heteroatoms. The quantitative estimate of drug-likeness (QED) is 0.482. The Kier molecular flexibility index (Phi) is 4.52. The van der Waals surface area contributed by atoms with Crippen LogP contribution in [0, 0.1) is 0 Å². The maximum atomic E-state index is 9.82. The van der Waals surface area contributed by atoms with E-state index in [1.165, 1.54) is 6.20 Å². The lowest BCUT2D eigenvalue weighted by atomic mass is 10.1. The number of nitrogens with one attached hydrogen (secondary N) is 3. The number of aliphatic hydroxyl groups excluding tert-OH is 1. The van der Waals surface area contributed by atoms with Gasteiger partial charge in [-0.15, -0.1) is 0 Å². The fourth-order valence-electron chi connectivity index (χ4n) is 3.36. The summed E-state index contributed by atoms with van der Waals surface area (Å²) in [4.78, 5) is 11.8. The molecule has 2 aliphatic heterocycles. The van der Waals surface area contributed by atoms with Crippen molar-refractivity contribution in [3.05, 3.63) is 28.0 Å². The van der Waals surface area contributed by atoms with Crippen molar-refractivity contribution in [2.45, 2.75) is 31.0 Å². The summed E-state index contributed by atoms with van der Waals surface area (Å²) in [5.74, 6) is 0.462. The Morgan fingerprint density at radius 1 is 1.21 bits per heavy atom. The molecule has 0 unspecified atom stereocenters. The second-order valence-electron chi connectivity index (χ2n) is 6.60. The molecule has 5 rings (SSSR count). The molecule has 148 valence electrons. The topological polar surface area (TPSA) is 130 Å². The van der Waals surface area contributed by atoms with E-state index < -0.39 is 6.10 Å². The van der Waals surface area contributed by atoms with Crippen LogP contribution < -0.4 is 10.1 Å². The third-order valence-electron chi connectivity index (χ3n) is 4.75. The lowest BCUT2D eigenvalue weighted by Gasteiger charge is -2.15. The minimum Gasteiger partial charge on any atom is -0.456 e. The molecule has 0 bridgehead atoms. The Morgan fingerprint density at radius 2 is 2.07 bits per heavy atom. The number of aromatic nitrogens is 5. The van der Waals surface area contributed by atoms with Crippen LogP contribution in [0.1, 0.15) is 5.69 Å². The Hall–Kier alpha value is -2.11. The van der Waals surface area contributed by atoms with Crippen LogP contribution in [0.3, 0.4) is 0 Å². The van der Waals surface area contributed by atoms with Gasteiger partial charge in [-0.25, -0.2) is 4.98 Å². The molecule has 2 fully saturated rings. The summed E-state index contributed by atoms with van der Waals surface area (Å²) in [6, 6.07) is 2.00. The van der Waals surface area contributed by atoms with Crippen LogP contribution in [0.25, 0.3) is 11.2 Å². The first kappa shape index (κ1) is 18.0. The SMILES string of the molecule is O[C@@H]1CO[C@H]2[C@@H]1OC[C@H]2Oc1nc2nc(NCc3[nH]ncc3Cl)c(Cl)cc2[nH]1. The molecular weight excluding hydrogens is 411 g/mol. The number of hydrogen-bond acceptors (Lipinski definition) is 8. The molecule has 4 atom stereocenters. The van der Waals surface area contributed by atoms with Gasteiger partial charge in [0, 0.05) is 0 Å². The van der Waals surface area contributed by atoms with Crippen LogP contribution in [0.5, 0.6) is 6.01 Å². The summed E-state index contributed by atoms with van der Waals surface area (Å²) in [5.41, 5.74) is 1.80. The van der Waals surface area contributed by atoms with Gasteiger partial charge in [0.05, 0.1) is 47.2 Å². The zero-order chi connectivity index (χ0) is 19.3. The van der Waals surface area contributed by atoms with E-state index in [4.69, 9.17) is 37.4 Å². The molecule has 3 aromatic rings. The fraction of sp³-hybridized carbons (Fsp3) is 0.438. The lowest BCUT2D eigenvalue weighted by Crippen LogP contribution is -2.34. The van der Waals surface area contributed by atoms with Crippen molar-refractivity contribution < 1.29 is 19.3 Å². The summed E-state index contributed by atoms with van der Waals surface area (Å²) >= 11 is 12.3. The second kappa shape index (κ2) is 7.05. The summed E-state index contributed by atoms with van der Waals surface area (Å²) in [5, 5.41) is 20.5. The number of pyridine rings is 1. The average molecular weight is 427 g/mol. The van der Waals surface area contributed by atoms with E-state index in [9.17, 15) is 5.11 Å². The average Bonchev–Trinajstić information content (AvgIpc) is 3.42. The Morgan fingerprint density at radius 3 is 2.89 bits per heavy atom. The molecule has 0 aliphatic carbocycles. The predicted molar refractivity (Wildman–Crippen MR) is 99.7 cm³/mol. The molecule has 2 saturated heterocycles. The van der Waals surface area contributed by atoms with Crippen molar-refractivity contribution in [2.75, 3.05) is 18.5 Å². The maximum Gasteiger partial charge on any atom is 0.296 e. The van der Waals surface area contributed by atoms with Gasteiger partial charge in [0.25, 0.3) is 6.01 Å². The number of rotatable bonds is 5. The number of imidazole rings is 1. The highest BCUT2D eigenvalue weighted by molar-refractivity contribution is 6.33. The molecule has 4 N–H and O–H groups in total. The van der Waals surface area contributed by atoms with Gasteiger partial charge in [0.2, 0.25) is 0 Å². The number of H-pyrrole nitrogens is 2. The van der Waals surface area contributed by atoms with Crippen molar-refractivity contribution >= 4 is 40.2 Å². The zero-order valence-corrected chi connectivity index (χ0v) is 15.9. The summed E-state index contributed by atoms with van der Waals surface area (Å²) < 4.78 is 17.0. The maximum absolute atomic E-state index is 9.82. The van der Waals surface area contributed by atoms with Gasteiger partial charge >= 0.3 is 0 Å². The van der Waals surface area contributed by atoms with Gasteiger partial charge in [-0.1, -0.05) is 23.2 Å². The molecule has 28 heavy (non-hydrogen) atoms. The summed E-state index contributed by atoms with van der Waals surface area (Å²) in [7, 11) is 0. The molecule has 0 saturated carbocycles. The third-order valence-corrected chi connectivity index (χ3v) is 5.36. The van der Waals surface area contributed by atoms with Crippen molar-refractivity contribution in [3.8, 4) is 6.01 Å². The van der Waals surface area contributed by atoms with E-state index in [0.717, 1.165) is 5.69 Å². The van der Waals surface area contributed by atoms with E-state index in [2.05, 4.69) is 30.5 Å². The zero-order valence-electron chi connectivity index (χ0n) is 14.4. The Bertz CT molecular complexity index is 1010. The highest BCUT2D eigenvalue weighted by atomic mass is 35.5. The van der Waals surface area contributed by atoms with E-state index in [-0.39, 0.29) is 30.9 Å². The number of hydrogen-bond donors (Lipinski definition) is 4. The number of aliphatic hydroxyl groups is 1. The van der Waals surface area contributed by atoms with Gasteiger partial charge in [0.1, 0.15) is 24.1 Å². The van der Waals surface area contributed by atoms with Gasteiger partial charge < -0.3 is 29.6 Å². The predicted octanol–water partition coefficient (Wildman–Crippen LogP) is 1.51. The molecule has 0 spiro atoms. The van der Waals surface area contributed by atoms with Gasteiger partial charge in [-0.05, 0) is 6.07 Å². The molecular formula is C16H16Cl2N6O4. The number of halogens is 2. The van der Waals surface area contributed by atoms with Crippen LogP contribution >= 0.6 is 23.2 Å². The van der Waals surface area contributed by atoms with Crippen LogP contribution in [-0.4, -0.2) is 67.9 Å². The van der Waals surface area contributed by atoms with Crippen LogP contribution in [-0.2, 0) is 16.0 Å². The van der Waals surface area contributed by atoms with E-state index in [0.29, 0.717) is 40.2 Å². The van der Waals surface area contributed by atoms with Crippen molar-refractivity contribution in [1.29, 1.82) is 0 Å². The van der Waals surface area contributed by atoms with E-state index >= 15 is 0 Å². The van der Waals surface area contributed by atoms with E-state index in [1.54, 1.807) is 6.07 Å². The summed E-state index contributed by atoms with van der Waals surface area (Å²) in [6.45, 7) is 0.935. The van der Waals surface area contributed by atoms with Crippen molar-refractivity contribution in [2.24, 2.45) is 0 Å². The number of ether oxygens (including phenoxy) is 3. The first-order chi connectivity index (χ1) is 13.6. The minimum atomic E-state index is -0.633. The number of fused-ring (bicyclic) bond motifs is 2. The number of anilines is 1. The number of aromatic amines is 2. The normalized spacial score (nSPS) is 26.7. The first-order valence-electron chi connectivity index (χ1n) is 8.64. The Labute approximate surface area is 168 Å². The van der Waals surface area contributed by atoms with Crippen LogP contribution in [0.4, 0.5) is 5.82 Å². The Balaban J connectivity index is 1.32. The largest absolute Gasteiger partial charge is 0.456 e. The lowest BCUT2D eigenvalue weighted by molar-refractivity contribution is 0.00706. The summed E-state index contributed by atoms with van der Waals surface area (Å²) in [6.07, 6.45) is -0.161. The molecule has 2 aliphatic rings. The van der Waals surface area contributed by atoms with E-state index in [1.807, 2.05) is 0 Å². The van der Waals surface area contributed by atoms with Crippen molar-refractivity contribution in [3.63, 3.8) is 0 Å². The van der Waals surface area contributed by atoms with Gasteiger partial charge in [-0.3, -0.25) is 5.10 Å². The molecule has 10 nitrogen and oxygen atoms in total. The molecule has 5 heterocycles. The first-order valence-corrected chi connectivity index (χ1v) is 9.40. The van der Waals surface area contributed by atoms with Crippen molar-refractivity contribution in [1.82, 2.24) is 25.1 Å². The molecule has 0 amide bonds. The van der Waals surface area contributed by atoms with Gasteiger partial charge in [-0.2, -0.15) is 10.1 Å². The number of nitrogens with zero attached hydrogens (tertiary/aromatic N) is 3. The molecule has 0 aromatic carbocycles. The molecule has 0 radical (unpaired) electrons. The smallest absolute Gasteiger partial charge is 0.296 e. The fourth-order valence-corrected chi connectivity index (χ4v) is 3.73. The highest BCUT2D eigenvalue weighted by Crippen LogP contribution is 2.31. The molecule has 3 aromatic heterocycles. The van der Waals surface area contributed by atoms with Crippen LogP contribution in [0.15, 0.2) is 12.3 Å². The highest BCUT2D eigenvalue weighted by Gasteiger charge is 2.48. The standard InChI is InChI=1S/C16H16Cl2N6O4/c17-6-1-8-15(22-14(6)19-3-9-7(18)2-20-24-9)23-16(21-8)28-11-5-27-12-10(25)4-26-13(11)12/h1-2,10-13,25H,3-5H2,(H,20,24)(H2,19,21,22,23)/t10-,11-,12-,13-/m1/s1. The monoisotopic (exact) mass is 426 g/mol. The minimum absolute atomic E-state index is 0.238.